The van der Waals surface area contributed by atoms with E-state index in [0.717, 1.165) is 0 Å². The van der Waals surface area contributed by atoms with Crippen LogP contribution in [0, 0.1) is 0 Å². The molecule has 2 bridgehead atoms. The lowest BCUT2D eigenvalue weighted by molar-refractivity contribution is -0.209. The summed E-state index contributed by atoms with van der Waals surface area (Å²) < 4.78 is 10.4. The van der Waals surface area contributed by atoms with Crippen LogP contribution in [0.1, 0.15) is 0 Å². The number of fused-ring (bicyclic) bond motifs is 2. The van der Waals surface area contributed by atoms with Crippen LogP contribution in [0.3, 0.4) is 0 Å². The number of aliphatic hydroxyl groups is 2. The summed E-state index contributed by atoms with van der Waals surface area (Å²) in [5.41, 5.74) is 0. The van der Waals surface area contributed by atoms with Crippen LogP contribution in [0.2, 0.25) is 0 Å². The standard InChI is InChI=1S/C8H15NO4/c1-9(2)5-6(10)4-3-12-8(13-4)7(5)11/h4-8,10-11H,3H2,1-2H3/t4-,5+,6-,7+,8-/m1/s1. The van der Waals surface area contributed by atoms with E-state index >= 15 is 0 Å². The highest BCUT2D eigenvalue weighted by atomic mass is 16.7. The van der Waals surface area contributed by atoms with Gasteiger partial charge in [0.15, 0.2) is 6.29 Å². The second-order valence-corrected chi connectivity index (χ2v) is 3.81. The lowest BCUT2D eigenvalue weighted by Gasteiger charge is -2.39. The Labute approximate surface area is 76.9 Å². The minimum absolute atomic E-state index is 0.291. The number of hydrogen-bond donors (Lipinski definition) is 2. The van der Waals surface area contributed by atoms with Crippen LogP contribution < -0.4 is 0 Å². The Morgan fingerprint density at radius 2 is 1.92 bits per heavy atom. The first-order valence-corrected chi connectivity index (χ1v) is 4.41. The number of likely N-dealkylation sites (N-methyl/N-ethyl adjacent to an activating group) is 1. The molecular formula is C8H15NO4. The first kappa shape index (κ1) is 9.36. The van der Waals surface area contributed by atoms with Gasteiger partial charge in [-0.2, -0.15) is 0 Å². The predicted octanol–water partition coefficient (Wildman–Crippen LogP) is -1.61. The molecule has 13 heavy (non-hydrogen) atoms. The number of ether oxygens (including phenoxy) is 2. The minimum atomic E-state index is -0.774. The monoisotopic (exact) mass is 189 g/mol. The zero-order chi connectivity index (χ0) is 9.59. The Morgan fingerprint density at radius 3 is 2.54 bits per heavy atom. The Balaban J connectivity index is 2.17. The quantitative estimate of drug-likeness (QED) is 0.520. The second kappa shape index (κ2) is 3.18. The van der Waals surface area contributed by atoms with Gasteiger partial charge in [-0.15, -0.1) is 0 Å². The highest BCUT2D eigenvalue weighted by Gasteiger charge is 2.50. The van der Waals surface area contributed by atoms with Crippen LogP contribution in [0.5, 0.6) is 0 Å². The molecule has 5 atom stereocenters. The van der Waals surface area contributed by atoms with E-state index < -0.39 is 18.5 Å². The normalized spacial score (nSPS) is 50.1. The maximum Gasteiger partial charge on any atom is 0.185 e. The van der Waals surface area contributed by atoms with Crippen LogP contribution in [0.15, 0.2) is 0 Å². The topological polar surface area (TPSA) is 62.2 Å². The molecule has 2 heterocycles. The van der Waals surface area contributed by atoms with Gasteiger partial charge in [0.1, 0.15) is 18.3 Å². The Hall–Kier alpha value is -0.200. The summed E-state index contributed by atoms with van der Waals surface area (Å²) >= 11 is 0. The SMILES string of the molecule is CN(C)[C@@H]1[C@H](O)[C@@H]2OC[C@@H](O2)[C@H]1O. The lowest BCUT2D eigenvalue weighted by atomic mass is 9.97. The predicted molar refractivity (Wildman–Crippen MR) is 44.1 cm³/mol. The summed E-state index contributed by atoms with van der Waals surface area (Å²) in [6.07, 6.45) is -2.31. The number of aliphatic hydroxyl groups excluding tert-OH is 2. The van der Waals surface area contributed by atoms with E-state index in [1.54, 1.807) is 4.90 Å². The van der Waals surface area contributed by atoms with Gasteiger partial charge in [-0.25, -0.2) is 0 Å². The van der Waals surface area contributed by atoms with Gasteiger partial charge in [-0.1, -0.05) is 0 Å². The molecule has 5 nitrogen and oxygen atoms in total. The zero-order valence-electron chi connectivity index (χ0n) is 7.75. The molecule has 2 saturated heterocycles. The first-order valence-electron chi connectivity index (χ1n) is 4.41. The molecule has 0 unspecified atom stereocenters. The van der Waals surface area contributed by atoms with Crippen molar-refractivity contribution in [1.29, 1.82) is 0 Å². The molecule has 5 heteroatoms. The number of hydrogen-bond acceptors (Lipinski definition) is 5. The molecule has 0 spiro atoms. The summed E-state index contributed by atoms with van der Waals surface area (Å²) in [6.45, 7) is 0.368. The van der Waals surface area contributed by atoms with Gasteiger partial charge in [-0.05, 0) is 14.1 Å². The minimum Gasteiger partial charge on any atom is -0.389 e. The molecule has 76 valence electrons. The summed E-state index contributed by atoms with van der Waals surface area (Å²) in [7, 11) is 3.64. The van der Waals surface area contributed by atoms with Crippen molar-refractivity contribution in [3.63, 3.8) is 0 Å². The summed E-state index contributed by atoms with van der Waals surface area (Å²) in [6, 6.07) is -0.300. The van der Waals surface area contributed by atoms with Gasteiger partial charge in [0.25, 0.3) is 0 Å². The van der Waals surface area contributed by atoms with E-state index in [2.05, 4.69) is 0 Å². The molecule has 2 rings (SSSR count). The summed E-state index contributed by atoms with van der Waals surface area (Å²) in [5.74, 6) is 0. The fourth-order valence-electron chi connectivity index (χ4n) is 1.99. The molecule has 0 aromatic carbocycles. The van der Waals surface area contributed by atoms with E-state index in [-0.39, 0.29) is 12.1 Å². The molecule has 0 aliphatic carbocycles. The van der Waals surface area contributed by atoms with Crippen LogP contribution in [0.25, 0.3) is 0 Å². The highest BCUT2D eigenvalue weighted by Crippen LogP contribution is 2.29. The van der Waals surface area contributed by atoms with E-state index in [1.165, 1.54) is 0 Å². The molecule has 0 saturated carbocycles. The van der Waals surface area contributed by atoms with Gasteiger partial charge < -0.3 is 24.6 Å². The molecule has 0 radical (unpaired) electrons. The fourth-order valence-corrected chi connectivity index (χ4v) is 1.99. The van der Waals surface area contributed by atoms with Crippen molar-refractivity contribution in [2.24, 2.45) is 0 Å². The van der Waals surface area contributed by atoms with Crippen LogP contribution in [-0.2, 0) is 9.47 Å². The van der Waals surface area contributed by atoms with Crippen LogP contribution in [0.4, 0.5) is 0 Å². The third-order valence-electron chi connectivity index (χ3n) is 2.69. The van der Waals surface area contributed by atoms with Crippen molar-refractivity contribution in [3.05, 3.63) is 0 Å². The van der Waals surface area contributed by atoms with Crippen molar-refractivity contribution in [2.45, 2.75) is 30.6 Å². The number of rotatable bonds is 1. The van der Waals surface area contributed by atoms with E-state index in [1.807, 2.05) is 14.1 Å². The largest absolute Gasteiger partial charge is 0.389 e. The van der Waals surface area contributed by atoms with Crippen molar-refractivity contribution in [2.75, 3.05) is 20.7 Å². The van der Waals surface area contributed by atoms with Crippen molar-refractivity contribution in [3.8, 4) is 0 Å². The van der Waals surface area contributed by atoms with Crippen molar-refractivity contribution >= 4 is 0 Å². The molecule has 2 aliphatic heterocycles. The number of nitrogens with zero attached hydrogens (tertiary/aromatic N) is 1. The second-order valence-electron chi connectivity index (χ2n) is 3.81. The molecule has 0 amide bonds. The van der Waals surface area contributed by atoms with Gasteiger partial charge >= 0.3 is 0 Å². The average Bonchev–Trinajstić information content (AvgIpc) is 2.46. The highest BCUT2D eigenvalue weighted by molar-refractivity contribution is 4.96. The smallest absolute Gasteiger partial charge is 0.185 e. The third-order valence-corrected chi connectivity index (χ3v) is 2.69. The van der Waals surface area contributed by atoms with E-state index in [0.29, 0.717) is 6.61 Å². The van der Waals surface area contributed by atoms with Gasteiger partial charge in [0, 0.05) is 0 Å². The van der Waals surface area contributed by atoms with E-state index in [4.69, 9.17) is 9.47 Å². The van der Waals surface area contributed by atoms with Crippen molar-refractivity contribution in [1.82, 2.24) is 4.90 Å². The summed E-state index contributed by atoms with van der Waals surface area (Å²) in [4.78, 5) is 1.80. The summed E-state index contributed by atoms with van der Waals surface area (Å²) in [5, 5.41) is 19.5. The van der Waals surface area contributed by atoms with Crippen LogP contribution >= 0.6 is 0 Å². The lowest BCUT2D eigenvalue weighted by Crippen LogP contribution is -2.59. The average molecular weight is 189 g/mol. The molecule has 2 aliphatic rings. The molecule has 2 fully saturated rings. The van der Waals surface area contributed by atoms with Gasteiger partial charge in [0.2, 0.25) is 0 Å². The molecular weight excluding hydrogens is 174 g/mol. The third kappa shape index (κ3) is 1.37. The Bertz CT molecular complexity index is 183. The van der Waals surface area contributed by atoms with Gasteiger partial charge in [0.05, 0.1) is 12.6 Å². The zero-order valence-corrected chi connectivity index (χ0v) is 7.75. The maximum atomic E-state index is 9.79. The van der Waals surface area contributed by atoms with Gasteiger partial charge in [-0.3, -0.25) is 0 Å². The maximum absolute atomic E-state index is 9.79. The Morgan fingerprint density at radius 1 is 1.23 bits per heavy atom. The molecule has 0 aromatic rings. The fraction of sp³-hybridized carbons (Fsp3) is 1.00. The van der Waals surface area contributed by atoms with Crippen molar-refractivity contribution < 1.29 is 19.7 Å². The van der Waals surface area contributed by atoms with Crippen LogP contribution in [-0.4, -0.2) is 66.5 Å². The Kier molecular flexibility index (Phi) is 2.29. The molecule has 2 N–H and O–H groups in total. The molecule has 0 aromatic heterocycles. The first-order chi connectivity index (χ1) is 6.11. The van der Waals surface area contributed by atoms with E-state index in [9.17, 15) is 10.2 Å².